The van der Waals surface area contributed by atoms with Crippen LogP contribution in [0.4, 0.5) is 0 Å². The molecule has 0 fully saturated rings. The minimum Gasteiger partial charge on any atom is -0.658 e. The van der Waals surface area contributed by atoms with E-state index in [0.717, 1.165) is 44.9 Å². The van der Waals surface area contributed by atoms with E-state index < -0.39 is 0 Å². The zero-order chi connectivity index (χ0) is 24.0. The topological polar surface area (TPSA) is 33.1 Å². The highest BCUT2D eigenvalue weighted by Crippen LogP contribution is 2.34. The summed E-state index contributed by atoms with van der Waals surface area (Å²) < 4.78 is 7.71. The first-order chi connectivity index (χ1) is 16.2. The van der Waals surface area contributed by atoms with Crippen LogP contribution >= 0.6 is 0 Å². The van der Waals surface area contributed by atoms with E-state index in [1.807, 2.05) is 16.5 Å². The molecule has 1 aliphatic heterocycles. The molecule has 0 N–H and O–H groups in total. The lowest BCUT2D eigenvalue weighted by molar-refractivity contribution is -0.486. The monoisotopic (exact) mass is 448 g/mol. The van der Waals surface area contributed by atoms with Crippen LogP contribution in [0.15, 0.2) is 71.5 Å². The normalized spacial score (nSPS) is 15.3. The van der Waals surface area contributed by atoms with Crippen molar-refractivity contribution in [1.82, 2.24) is 0 Å². The van der Waals surface area contributed by atoms with Crippen LogP contribution in [0.1, 0.15) is 46.6 Å². The van der Waals surface area contributed by atoms with Gasteiger partial charge in [-0.1, -0.05) is 65.0 Å². The highest BCUT2D eigenvalue weighted by atomic mass is 16.3. The Balaban J connectivity index is 1.72. The molecule has 3 heterocycles. The lowest BCUT2D eigenvalue weighted by Crippen LogP contribution is -2.28. The molecule has 172 valence electrons. The average Bonchev–Trinajstić information content (AvgIpc) is 3.27. The van der Waals surface area contributed by atoms with Crippen LogP contribution in [0, 0.1) is 12.6 Å². The Morgan fingerprint density at radius 2 is 1.82 bits per heavy atom. The minimum absolute atomic E-state index is 0.0266. The molecule has 0 bridgehead atoms. The first-order valence-electron chi connectivity index (χ1n) is 12.0. The van der Waals surface area contributed by atoms with Gasteiger partial charge < -0.3 is 9.73 Å². The molecule has 34 heavy (non-hydrogen) atoms. The van der Waals surface area contributed by atoms with Crippen molar-refractivity contribution in [3.8, 4) is 11.3 Å². The molecule has 3 nitrogen and oxygen atoms in total. The fraction of sp³-hybridized carbons (Fsp3) is 0.258. The predicted octanol–water partition coefficient (Wildman–Crippen LogP) is 5.45. The molecule has 0 saturated heterocycles. The highest BCUT2D eigenvalue weighted by molar-refractivity contribution is 5.94. The van der Waals surface area contributed by atoms with Gasteiger partial charge in [-0.2, -0.15) is 4.24 Å². The third-order valence-electron chi connectivity index (χ3n) is 6.40. The zero-order valence-electron chi connectivity index (χ0n) is 20.7. The molecule has 0 amide bonds. The van der Waals surface area contributed by atoms with Gasteiger partial charge in [0.25, 0.3) is 0 Å². The van der Waals surface area contributed by atoms with E-state index in [4.69, 9.17) is 9.73 Å². The lowest BCUT2D eigenvalue weighted by atomic mass is 9.82. The second-order valence-corrected chi connectivity index (χ2v) is 10.7. The van der Waals surface area contributed by atoms with E-state index in [0.29, 0.717) is 5.92 Å². The number of furan rings is 1. The van der Waals surface area contributed by atoms with Gasteiger partial charge in [0.15, 0.2) is 6.20 Å². The van der Waals surface area contributed by atoms with Gasteiger partial charge in [-0.15, -0.1) is 11.4 Å². The molecule has 0 radical (unpaired) electrons. The Morgan fingerprint density at radius 3 is 2.59 bits per heavy atom. The lowest BCUT2D eigenvalue weighted by Gasteiger charge is -2.30. The Kier molecular flexibility index (Phi) is 5.44. The van der Waals surface area contributed by atoms with Crippen molar-refractivity contribution < 1.29 is 8.66 Å². The maximum absolute atomic E-state index is 5.76. The highest BCUT2D eigenvalue weighted by Gasteiger charge is 2.20. The number of aromatic nitrogens is 1. The van der Waals surface area contributed by atoms with Crippen LogP contribution in [0.5, 0.6) is 0 Å². The van der Waals surface area contributed by atoms with E-state index >= 15 is 0 Å². The molecular formula is C31H32N2O. The Bertz CT molecular complexity index is 1630. The molecule has 1 aliphatic rings. The standard InChI is InChI=1S/C31H32N2O/c1-20(2)15-28-30-23(12-14-34-30)18-27(32-28)22-11-13-33(6)29(19-22)24-16-21-9-7-8-10-25(21)26(17-24)31(3,4)5/h7-14,16-20H,6,15H2,1-5H3. The van der Waals surface area contributed by atoms with Gasteiger partial charge in [0.05, 0.1) is 6.26 Å². The Hall–Kier alpha value is -3.59. The molecule has 2 aromatic heterocycles. The number of fused-ring (bicyclic) bond motifs is 2. The number of benzene rings is 2. The van der Waals surface area contributed by atoms with Gasteiger partial charge >= 0.3 is 0 Å². The summed E-state index contributed by atoms with van der Waals surface area (Å²) in [6, 6.07) is 19.5. The van der Waals surface area contributed by atoms with Crippen molar-refractivity contribution in [1.29, 1.82) is 0 Å². The number of nitrogens with zero attached hydrogens (tertiary/aromatic N) is 2. The number of rotatable bonds is 3. The van der Waals surface area contributed by atoms with Crippen molar-refractivity contribution in [3.63, 3.8) is 0 Å². The minimum atomic E-state index is 0.0266. The average molecular weight is 449 g/mol. The van der Waals surface area contributed by atoms with Gasteiger partial charge in [0.1, 0.15) is 12.1 Å². The number of pyridine rings is 1. The van der Waals surface area contributed by atoms with Gasteiger partial charge in [-0.05, 0) is 57.5 Å². The van der Waals surface area contributed by atoms with Crippen LogP contribution in [0.25, 0.3) is 44.8 Å². The molecule has 0 unspecified atom stereocenters. The van der Waals surface area contributed by atoms with Crippen molar-refractivity contribution >= 4 is 28.2 Å². The van der Waals surface area contributed by atoms with Crippen LogP contribution in [-0.2, 0) is 5.41 Å². The molecule has 2 aromatic carbocycles. The Morgan fingerprint density at radius 1 is 1.03 bits per heavy atom. The molecule has 0 atom stereocenters. The second kappa shape index (κ2) is 8.32. The third kappa shape index (κ3) is 4.07. The first-order valence-corrected chi connectivity index (χ1v) is 12.0. The summed E-state index contributed by atoms with van der Waals surface area (Å²) in [6.07, 6.45) is 6.78. The maximum atomic E-state index is 5.76. The summed E-state index contributed by atoms with van der Waals surface area (Å²) in [5, 5.41) is 9.75. The number of hydrogen-bond acceptors (Lipinski definition) is 1. The first kappa shape index (κ1) is 22.2. The Labute approximate surface area is 201 Å². The second-order valence-electron chi connectivity index (χ2n) is 10.7. The number of hydrogen-bond donors (Lipinski definition) is 0. The van der Waals surface area contributed by atoms with Gasteiger partial charge in [-0.3, -0.25) is 0 Å². The van der Waals surface area contributed by atoms with E-state index in [1.165, 1.54) is 16.3 Å². The summed E-state index contributed by atoms with van der Waals surface area (Å²) in [5.41, 5.74) is 6.46. The van der Waals surface area contributed by atoms with Crippen LogP contribution in [-0.4, -0.2) is 0 Å². The van der Waals surface area contributed by atoms with E-state index in [9.17, 15) is 0 Å². The fourth-order valence-electron chi connectivity index (χ4n) is 4.73. The van der Waals surface area contributed by atoms with Crippen molar-refractivity contribution in [2.75, 3.05) is 0 Å². The van der Waals surface area contributed by atoms with Crippen molar-refractivity contribution in [2.24, 2.45) is 5.92 Å². The van der Waals surface area contributed by atoms with Crippen molar-refractivity contribution in [2.45, 2.75) is 46.5 Å². The van der Waals surface area contributed by atoms with Crippen molar-refractivity contribution in [3.05, 3.63) is 101 Å². The summed E-state index contributed by atoms with van der Waals surface area (Å²) in [6.45, 7) is 15.5. The summed E-state index contributed by atoms with van der Waals surface area (Å²) in [4.78, 5) is 0. The molecular weight excluding hydrogens is 416 g/mol. The predicted molar refractivity (Wildman–Crippen MR) is 141 cm³/mol. The van der Waals surface area contributed by atoms with Gasteiger partial charge in [0.2, 0.25) is 5.69 Å². The summed E-state index contributed by atoms with van der Waals surface area (Å²) in [5.74, 6) is 0.498. The van der Waals surface area contributed by atoms with E-state index in [1.54, 1.807) is 6.26 Å². The van der Waals surface area contributed by atoms with Crippen LogP contribution in [0.3, 0.4) is 0 Å². The molecule has 4 aromatic rings. The summed E-state index contributed by atoms with van der Waals surface area (Å²) >= 11 is 0. The SMILES string of the molecule is C=[n+]1ccc(=C2C=c3ccoc3=C(CC(C)C)[N-]2)cc1-c1cc(C(C)(C)C)c2ccccc2c1. The molecule has 3 heteroatoms. The fourth-order valence-corrected chi connectivity index (χ4v) is 4.73. The molecule has 5 rings (SSSR count). The molecule has 0 spiro atoms. The van der Waals surface area contributed by atoms with Gasteiger partial charge in [-0.25, -0.2) is 0 Å². The van der Waals surface area contributed by atoms with E-state index in [-0.39, 0.29) is 5.41 Å². The quantitative estimate of drug-likeness (QED) is 0.383. The zero-order valence-corrected chi connectivity index (χ0v) is 20.7. The van der Waals surface area contributed by atoms with Crippen LogP contribution in [0.2, 0.25) is 0 Å². The maximum Gasteiger partial charge on any atom is 0.217 e. The molecule has 0 aliphatic carbocycles. The summed E-state index contributed by atoms with van der Waals surface area (Å²) in [7, 11) is 0. The molecule has 0 saturated carbocycles. The third-order valence-corrected chi connectivity index (χ3v) is 6.40. The van der Waals surface area contributed by atoms with Crippen LogP contribution < -0.4 is 20.1 Å². The van der Waals surface area contributed by atoms with E-state index in [2.05, 4.69) is 95.9 Å². The largest absolute Gasteiger partial charge is 0.658 e. The smallest absolute Gasteiger partial charge is 0.217 e. The van der Waals surface area contributed by atoms with Gasteiger partial charge in [0, 0.05) is 22.9 Å².